The monoisotopic (exact) mass is 395 g/mol. The SMILES string of the molecule is O=C(Nc1ccc(-c2ccccc2F)cc1C(F)(F)F)c1cccc(F)c1F. The molecule has 28 heavy (non-hydrogen) atoms. The Morgan fingerprint density at radius 3 is 2.18 bits per heavy atom. The molecule has 0 spiro atoms. The van der Waals surface area contributed by atoms with Crippen molar-refractivity contribution in [3.8, 4) is 11.1 Å². The van der Waals surface area contributed by atoms with E-state index in [4.69, 9.17) is 0 Å². The minimum Gasteiger partial charge on any atom is -0.321 e. The van der Waals surface area contributed by atoms with Crippen LogP contribution < -0.4 is 5.32 Å². The van der Waals surface area contributed by atoms with Gasteiger partial charge in [-0.05, 0) is 35.9 Å². The van der Waals surface area contributed by atoms with Crippen LogP contribution in [-0.4, -0.2) is 5.91 Å². The smallest absolute Gasteiger partial charge is 0.321 e. The molecular formula is C20H11F6NO. The van der Waals surface area contributed by atoms with Gasteiger partial charge in [0.15, 0.2) is 11.6 Å². The zero-order valence-corrected chi connectivity index (χ0v) is 13.9. The summed E-state index contributed by atoms with van der Waals surface area (Å²) in [4.78, 5) is 12.1. The molecule has 3 aromatic carbocycles. The van der Waals surface area contributed by atoms with E-state index in [0.29, 0.717) is 6.07 Å². The number of carbonyl (C=O) groups excluding carboxylic acids is 1. The molecule has 0 aliphatic heterocycles. The molecule has 0 saturated heterocycles. The van der Waals surface area contributed by atoms with Crippen LogP contribution in [0.2, 0.25) is 0 Å². The van der Waals surface area contributed by atoms with Crippen LogP contribution in [0.15, 0.2) is 60.7 Å². The number of rotatable bonds is 3. The van der Waals surface area contributed by atoms with Crippen LogP contribution in [0.5, 0.6) is 0 Å². The standard InChI is InChI=1S/C20H11F6NO/c21-15-6-2-1-4-12(15)11-8-9-17(14(10-11)20(24,25)26)27-19(28)13-5-3-7-16(22)18(13)23/h1-10H,(H,27,28). The van der Waals surface area contributed by atoms with Crippen molar-refractivity contribution in [3.63, 3.8) is 0 Å². The lowest BCUT2D eigenvalue weighted by atomic mass is 10.0. The Kier molecular flexibility index (Phi) is 5.13. The molecule has 2 nitrogen and oxygen atoms in total. The first kappa shape index (κ1) is 19.5. The highest BCUT2D eigenvalue weighted by Gasteiger charge is 2.34. The number of nitrogens with one attached hydrogen (secondary N) is 1. The number of carbonyl (C=O) groups is 1. The fourth-order valence-electron chi connectivity index (χ4n) is 2.62. The largest absolute Gasteiger partial charge is 0.418 e. The van der Waals surface area contributed by atoms with Gasteiger partial charge in [0, 0.05) is 5.56 Å². The summed E-state index contributed by atoms with van der Waals surface area (Å²) >= 11 is 0. The lowest BCUT2D eigenvalue weighted by Crippen LogP contribution is -2.18. The van der Waals surface area contributed by atoms with Gasteiger partial charge >= 0.3 is 6.18 Å². The van der Waals surface area contributed by atoms with Gasteiger partial charge in [-0.3, -0.25) is 4.79 Å². The number of halogens is 6. The first-order valence-corrected chi connectivity index (χ1v) is 7.90. The van der Waals surface area contributed by atoms with Crippen LogP contribution in [0.1, 0.15) is 15.9 Å². The molecule has 0 fully saturated rings. The zero-order valence-electron chi connectivity index (χ0n) is 13.9. The van der Waals surface area contributed by atoms with Crippen molar-refractivity contribution in [2.75, 3.05) is 5.32 Å². The highest BCUT2D eigenvalue weighted by Crippen LogP contribution is 2.38. The first-order valence-electron chi connectivity index (χ1n) is 7.90. The van der Waals surface area contributed by atoms with Crippen molar-refractivity contribution in [1.82, 2.24) is 0 Å². The van der Waals surface area contributed by atoms with Gasteiger partial charge in [0.05, 0.1) is 16.8 Å². The fourth-order valence-corrected chi connectivity index (χ4v) is 2.62. The molecule has 8 heteroatoms. The normalized spacial score (nSPS) is 11.4. The van der Waals surface area contributed by atoms with Gasteiger partial charge in [0.25, 0.3) is 5.91 Å². The van der Waals surface area contributed by atoms with Crippen LogP contribution in [0.4, 0.5) is 32.0 Å². The molecule has 0 saturated carbocycles. The van der Waals surface area contributed by atoms with Crippen LogP contribution in [-0.2, 0) is 6.18 Å². The molecule has 1 N–H and O–H groups in total. The van der Waals surface area contributed by atoms with Crippen LogP contribution >= 0.6 is 0 Å². The summed E-state index contributed by atoms with van der Waals surface area (Å²) in [7, 11) is 0. The summed E-state index contributed by atoms with van der Waals surface area (Å²) in [6.45, 7) is 0. The second-order valence-corrected chi connectivity index (χ2v) is 5.79. The predicted octanol–water partition coefficient (Wildman–Crippen LogP) is 6.04. The molecule has 0 radical (unpaired) electrons. The highest BCUT2D eigenvalue weighted by molar-refractivity contribution is 6.05. The molecule has 1 amide bonds. The number of amides is 1. The Bertz CT molecular complexity index is 1050. The average molecular weight is 395 g/mol. The van der Waals surface area contributed by atoms with Crippen LogP contribution in [0.25, 0.3) is 11.1 Å². The minimum absolute atomic E-state index is 0.0537. The Morgan fingerprint density at radius 1 is 0.821 bits per heavy atom. The van der Waals surface area contributed by atoms with Gasteiger partial charge in [-0.1, -0.05) is 30.3 Å². The van der Waals surface area contributed by atoms with E-state index >= 15 is 0 Å². The second-order valence-electron chi connectivity index (χ2n) is 5.79. The zero-order chi connectivity index (χ0) is 20.5. The molecule has 0 bridgehead atoms. The van der Waals surface area contributed by atoms with Crippen molar-refractivity contribution in [2.24, 2.45) is 0 Å². The Hall–Kier alpha value is -3.29. The molecule has 0 heterocycles. The van der Waals surface area contributed by atoms with Crippen molar-refractivity contribution >= 4 is 11.6 Å². The van der Waals surface area contributed by atoms with Crippen molar-refractivity contribution < 1.29 is 31.1 Å². The fraction of sp³-hybridized carbons (Fsp3) is 0.0500. The molecule has 0 atom stereocenters. The Morgan fingerprint density at radius 2 is 1.50 bits per heavy atom. The number of alkyl halides is 3. The van der Waals surface area contributed by atoms with E-state index in [1.54, 1.807) is 0 Å². The van der Waals surface area contributed by atoms with Gasteiger partial charge < -0.3 is 5.32 Å². The number of benzene rings is 3. The molecule has 3 aromatic rings. The molecule has 0 aromatic heterocycles. The number of anilines is 1. The van der Waals surface area contributed by atoms with E-state index in [1.807, 2.05) is 5.32 Å². The summed E-state index contributed by atoms with van der Waals surface area (Å²) < 4.78 is 81.2. The van der Waals surface area contributed by atoms with Crippen molar-refractivity contribution in [3.05, 3.63) is 89.2 Å². The number of hydrogen-bond acceptors (Lipinski definition) is 1. The summed E-state index contributed by atoms with van der Waals surface area (Å²) in [5, 5.41) is 1.94. The van der Waals surface area contributed by atoms with Gasteiger partial charge in [-0.25, -0.2) is 13.2 Å². The molecule has 0 aliphatic carbocycles. The van der Waals surface area contributed by atoms with Gasteiger partial charge in [-0.2, -0.15) is 13.2 Å². The topological polar surface area (TPSA) is 29.1 Å². The molecule has 144 valence electrons. The predicted molar refractivity (Wildman–Crippen MR) is 91.1 cm³/mol. The summed E-state index contributed by atoms with van der Waals surface area (Å²) in [6.07, 6.45) is -4.88. The maximum atomic E-state index is 13.9. The van der Waals surface area contributed by atoms with E-state index in [1.165, 1.54) is 24.3 Å². The van der Waals surface area contributed by atoms with E-state index in [9.17, 15) is 31.1 Å². The quantitative estimate of drug-likeness (QED) is 0.538. The molecule has 3 rings (SSSR count). The van der Waals surface area contributed by atoms with E-state index < -0.39 is 46.3 Å². The van der Waals surface area contributed by atoms with E-state index in [2.05, 4.69) is 0 Å². The van der Waals surface area contributed by atoms with Crippen LogP contribution in [0, 0.1) is 17.5 Å². The van der Waals surface area contributed by atoms with Gasteiger partial charge in [-0.15, -0.1) is 0 Å². The van der Waals surface area contributed by atoms with Crippen molar-refractivity contribution in [1.29, 1.82) is 0 Å². The van der Waals surface area contributed by atoms with Gasteiger partial charge in [0.1, 0.15) is 5.82 Å². The van der Waals surface area contributed by atoms with E-state index in [0.717, 1.165) is 30.3 Å². The Labute approximate surface area is 155 Å². The van der Waals surface area contributed by atoms with Crippen LogP contribution in [0.3, 0.4) is 0 Å². The summed E-state index contributed by atoms with van der Waals surface area (Å²) in [5.74, 6) is -4.74. The third-order valence-corrected chi connectivity index (χ3v) is 3.95. The van der Waals surface area contributed by atoms with Gasteiger partial charge in [0.2, 0.25) is 0 Å². The lowest BCUT2D eigenvalue weighted by Gasteiger charge is -2.16. The van der Waals surface area contributed by atoms with Crippen molar-refractivity contribution in [2.45, 2.75) is 6.18 Å². The summed E-state index contributed by atoms with van der Waals surface area (Å²) in [5.41, 5.74) is -2.77. The maximum absolute atomic E-state index is 13.9. The third kappa shape index (κ3) is 3.85. The highest BCUT2D eigenvalue weighted by atomic mass is 19.4. The maximum Gasteiger partial charge on any atom is 0.418 e. The lowest BCUT2D eigenvalue weighted by molar-refractivity contribution is -0.136. The first-order chi connectivity index (χ1) is 13.2. The second kappa shape index (κ2) is 7.38. The molecule has 0 unspecified atom stereocenters. The average Bonchev–Trinajstić information content (AvgIpc) is 2.64. The van der Waals surface area contributed by atoms with E-state index in [-0.39, 0.29) is 11.1 Å². The number of hydrogen-bond donors (Lipinski definition) is 1. The molecular weight excluding hydrogens is 384 g/mol. The molecule has 0 aliphatic rings. The Balaban J connectivity index is 2.03. The third-order valence-electron chi connectivity index (χ3n) is 3.95. The summed E-state index contributed by atoms with van der Waals surface area (Å²) in [6, 6.07) is 10.8. The minimum atomic E-state index is -4.88.